The van der Waals surface area contributed by atoms with E-state index in [1.165, 1.54) is 20.5 Å². The summed E-state index contributed by atoms with van der Waals surface area (Å²) in [6, 6.07) is 0. The maximum atomic E-state index is 2.38. The lowest BCUT2D eigenvalue weighted by atomic mass is 9.96. The minimum atomic E-state index is 1.19. The van der Waals surface area contributed by atoms with Gasteiger partial charge in [-0.2, -0.15) is 0 Å². The van der Waals surface area contributed by atoms with Gasteiger partial charge in [-0.15, -0.1) is 0 Å². The van der Waals surface area contributed by atoms with Gasteiger partial charge in [-0.1, -0.05) is 20.7 Å². The van der Waals surface area contributed by atoms with Gasteiger partial charge in [0, 0.05) is 0 Å². The fourth-order valence-corrected chi connectivity index (χ4v) is 0.671. The molecule has 1 nitrogen and oxygen atoms in total. The molecule has 0 heterocycles. The highest BCUT2D eigenvalue weighted by Gasteiger charge is 1.91. The Labute approximate surface area is 47.0 Å². The van der Waals surface area contributed by atoms with Crippen LogP contribution in [-0.4, -0.2) is 25.3 Å². The van der Waals surface area contributed by atoms with Crippen molar-refractivity contribution in [1.82, 2.24) is 4.81 Å². The van der Waals surface area contributed by atoms with Crippen LogP contribution in [0.5, 0.6) is 0 Å². The quantitative estimate of drug-likeness (QED) is 0.471. The second kappa shape index (κ2) is 4.19. The molecule has 0 bridgehead atoms. The summed E-state index contributed by atoms with van der Waals surface area (Å²) >= 11 is 0. The highest BCUT2D eigenvalue weighted by atomic mass is 15.0. The van der Waals surface area contributed by atoms with Crippen molar-refractivity contribution in [1.29, 1.82) is 0 Å². The average Bonchev–Trinajstić information content (AvgIpc) is 1.72. The average molecular weight is 99.0 g/mol. The third-order valence-corrected chi connectivity index (χ3v) is 1.34. The van der Waals surface area contributed by atoms with Crippen molar-refractivity contribution < 1.29 is 0 Å². The molecule has 2 heteroatoms. The first-order valence-corrected chi connectivity index (χ1v) is 3.07. The van der Waals surface area contributed by atoms with Crippen molar-refractivity contribution in [2.24, 2.45) is 0 Å². The van der Waals surface area contributed by atoms with Crippen molar-refractivity contribution >= 4 is 7.41 Å². The zero-order valence-electron chi connectivity index (χ0n) is 5.57. The smallest absolute Gasteiger partial charge is 0.201 e. The van der Waals surface area contributed by atoms with Crippen LogP contribution in [0.25, 0.3) is 0 Å². The van der Waals surface area contributed by atoms with Crippen LogP contribution < -0.4 is 0 Å². The van der Waals surface area contributed by atoms with Gasteiger partial charge in [-0.3, -0.25) is 0 Å². The zero-order chi connectivity index (χ0) is 5.70. The normalized spacial score (nSPS) is 9.71. The van der Waals surface area contributed by atoms with Gasteiger partial charge in [0.05, 0.1) is 0 Å². The summed E-state index contributed by atoms with van der Waals surface area (Å²) in [5.74, 6) is 0. The topological polar surface area (TPSA) is 3.24 Å². The first-order valence-electron chi connectivity index (χ1n) is 3.07. The molecule has 0 aromatic rings. The molecular formula is C5H14BN. The molecule has 0 saturated heterocycles. The molecule has 7 heavy (non-hydrogen) atoms. The van der Waals surface area contributed by atoms with E-state index in [2.05, 4.69) is 25.5 Å². The lowest BCUT2D eigenvalue weighted by Crippen LogP contribution is -2.24. The van der Waals surface area contributed by atoms with Crippen LogP contribution in [0, 0.1) is 0 Å². The molecule has 0 amide bonds. The van der Waals surface area contributed by atoms with Crippen molar-refractivity contribution in [3.8, 4) is 0 Å². The summed E-state index contributed by atoms with van der Waals surface area (Å²) in [5, 5.41) is 0. The predicted octanol–water partition coefficient (Wildman–Crippen LogP) is 0.728. The van der Waals surface area contributed by atoms with Crippen molar-refractivity contribution in [2.45, 2.75) is 20.7 Å². The van der Waals surface area contributed by atoms with Gasteiger partial charge in [0.1, 0.15) is 0 Å². The van der Waals surface area contributed by atoms with Crippen molar-refractivity contribution in [3.63, 3.8) is 0 Å². The number of rotatable bonds is 3. The molecule has 0 spiro atoms. The fourth-order valence-electron chi connectivity index (χ4n) is 0.671. The molecule has 0 unspecified atom stereocenters. The lowest BCUT2D eigenvalue weighted by Gasteiger charge is -2.12. The monoisotopic (exact) mass is 99.1 g/mol. The minimum absolute atomic E-state index is 1.19. The molecule has 0 aliphatic carbocycles. The van der Waals surface area contributed by atoms with E-state index in [0.717, 1.165) is 0 Å². The minimum Gasteiger partial charge on any atom is -0.346 e. The first kappa shape index (κ1) is 7.02. The second-order valence-electron chi connectivity index (χ2n) is 1.62. The van der Waals surface area contributed by atoms with Gasteiger partial charge in [0.2, 0.25) is 7.41 Å². The Bertz CT molecular complexity index is 29.6. The predicted molar refractivity (Wildman–Crippen MR) is 35.9 cm³/mol. The van der Waals surface area contributed by atoms with Crippen LogP contribution in [0.15, 0.2) is 0 Å². The molecule has 0 saturated carbocycles. The molecule has 42 valence electrons. The Kier molecular flexibility index (Phi) is 4.21. The Morgan fingerprint density at radius 1 is 1.29 bits per heavy atom. The molecule has 0 aromatic carbocycles. The van der Waals surface area contributed by atoms with Crippen LogP contribution in [0.1, 0.15) is 13.8 Å². The van der Waals surface area contributed by atoms with E-state index in [1.54, 1.807) is 0 Å². The molecular weight excluding hydrogens is 84.9 g/mol. The lowest BCUT2D eigenvalue weighted by molar-refractivity contribution is 0.496. The van der Waals surface area contributed by atoms with Gasteiger partial charge in [0.15, 0.2) is 0 Å². The van der Waals surface area contributed by atoms with Crippen molar-refractivity contribution in [3.05, 3.63) is 0 Å². The largest absolute Gasteiger partial charge is 0.346 e. The van der Waals surface area contributed by atoms with Crippen LogP contribution in [0.4, 0.5) is 0 Å². The number of hydrogen-bond acceptors (Lipinski definition) is 1. The Hall–Kier alpha value is 0.0249. The summed E-state index contributed by atoms with van der Waals surface area (Å²) in [7, 11) is 1.19. The molecule has 0 aromatic heterocycles. The van der Waals surface area contributed by atoms with Gasteiger partial charge < -0.3 is 4.81 Å². The van der Waals surface area contributed by atoms with Gasteiger partial charge in [-0.05, 0) is 13.1 Å². The third kappa shape index (κ3) is 2.69. The first-order chi connectivity index (χ1) is 3.35. The van der Waals surface area contributed by atoms with E-state index < -0.39 is 0 Å². The number of hydrogen-bond donors (Lipinski definition) is 0. The number of nitrogens with zero attached hydrogens (tertiary/aromatic N) is 1. The van der Waals surface area contributed by atoms with Crippen LogP contribution in [0.2, 0.25) is 6.82 Å². The van der Waals surface area contributed by atoms with E-state index in [-0.39, 0.29) is 0 Å². The maximum absolute atomic E-state index is 2.38. The Morgan fingerprint density at radius 2 is 1.71 bits per heavy atom. The van der Waals surface area contributed by atoms with E-state index in [1.807, 2.05) is 0 Å². The van der Waals surface area contributed by atoms with Gasteiger partial charge in [-0.25, -0.2) is 0 Å². The van der Waals surface area contributed by atoms with E-state index in [0.29, 0.717) is 0 Å². The Balaban J connectivity index is 2.99. The molecule has 0 rings (SSSR count). The molecule has 0 radical (unpaired) electrons. The SMILES string of the molecule is CBN(CC)CC. The summed E-state index contributed by atoms with van der Waals surface area (Å²) in [6.45, 7) is 8.94. The van der Waals surface area contributed by atoms with Crippen LogP contribution >= 0.6 is 0 Å². The Morgan fingerprint density at radius 3 is 1.71 bits per heavy atom. The third-order valence-electron chi connectivity index (χ3n) is 1.34. The summed E-state index contributed by atoms with van der Waals surface area (Å²) in [6.07, 6.45) is 0. The zero-order valence-corrected chi connectivity index (χ0v) is 5.57. The van der Waals surface area contributed by atoms with Gasteiger partial charge in [0.25, 0.3) is 0 Å². The summed E-state index contributed by atoms with van der Waals surface area (Å²) < 4.78 is 0. The van der Waals surface area contributed by atoms with E-state index in [9.17, 15) is 0 Å². The molecule has 0 N–H and O–H groups in total. The molecule has 0 aliphatic rings. The summed E-state index contributed by atoms with van der Waals surface area (Å²) in [5.41, 5.74) is 0. The summed E-state index contributed by atoms with van der Waals surface area (Å²) in [4.78, 5) is 2.38. The van der Waals surface area contributed by atoms with E-state index >= 15 is 0 Å². The van der Waals surface area contributed by atoms with Gasteiger partial charge >= 0.3 is 0 Å². The maximum Gasteiger partial charge on any atom is 0.201 e. The standard InChI is InChI=1S/C5H14BN/c1-4-7(5-2)6-3/h6H,4-5H2,1-3H3. The fraction of sp³-hybridized carbons (Fsp3) is 1.00. The second-order valence-corrected chi connectivity index (χ2v) is 1.62. The van der Waals surface area contributed by atoms with Crippen LogP contribution in [0.3, 0.4) is 0 Å². The van der Waals surface area contributed by atoms with Crippen molar-refractivity contribution in [2.75, 3.05) is 13.1 Å². The molecule has 0 atom stereocenters. The molecule has 0 aliphatic heterocycles. The van der Waals surface area contributed by atoms with E-state index in [4.69, 9.17) is 0 Å². The van der Waals surface area contributed by atoms with Crippen LogP contribution in [-0.2, 0) is 0 Å². The highest BCUT2D eigenvalue weighted by molar-refractivity contribution is 6.29. The molecule has 0 fully saturated rings. The highest BCUT2D eigenvalue weighted by Crippen LogP contribution is 1.79.